The number of benzene rings is 2. The molecule has 3 rings (SSSR count). The van der Waals surface area contributed by atoms with Gasteiger partial charge in [-0.05, 0) is 47.5 Å². The summed E-state index contributed by atoms with van der Waals surface area (Å²) in [7, 11) is 3.09. The molecule has 10 heteroatoms. The van der Waals surface area contributed by atoms with Crippen LogP contribution in [0, 0.1) is 24.7 Å². The molecule has 1 N–H and O–H groups in total. The maximum atomic E-state index is 5.44. The SMILES string of the molecule is C#CCOc1ccc(C=NNc2nncn2/N=C/c2ccc(OCC#C)c(OC)c2)cc1OC. The fraction of sp³-hybridized carbons (Fsp3) is 0.167. The highest BCUT2D eigenvalue weighted by Crippen LogP contribution is 2.28. The quantitative estimate of drug-likeness (QED) is 0.268. The summed E-state index contributed by atoms with van der Waals surface area (Å²) >= 11 is 0. The van der Waals surface area contributed by atoms with Crippen LogP contribution in [0.15, 0.2) is 52.9 Å². The minimum Gasteiger partial charge on any atom is -0.493 e. The van der Waals surface area contributed by atoms with E-state index in [0.29, 0.717) is 28.9 Å². The van der Waals surface area contributed by atoms with Crippen LogP contribution in [-0.2, 0) is 0 Å². The number of hydrogen-bond acceptors (Lipinski definition) is 9. The molecule has 1 aromatic heterocycles. The van der Waals surface area contributed by atoms with Gasteiger partial charge in [0.05, 0.1) is 26.6 Å². The first-order valence-electron chi connectivity index (χ1n) is 9.90. The lowest BCUT2D eigenvalue weighted by atomic mass is 10.2. The number of nitrogens with one attached hydrogen (secondary N) is 1. The molecule has 172 valence electrons. The summed E-state index contributed by atoms with van der Waals surface area (Å²) in [5, 5.41) is 16.4. The molecule has 0 atom stereocenters. The van der Waals surface area contributed by atoms with Gasteiger partial charge in [-0.3, -0.25) is 0 Å². The lowest BCUT2D eigenvalue weighted by molar-refractivity contribution is 0.331. The average molecular weight is 458 g/mol. The molecule has 0 fully saturated rings. The summed E-state index contributed by atoms with van der Waals surface area (Å²) in [6.07, 6.45) is 15.1. The summed E-state index contributed by atoms with van der Waals surface area (Å²) in [5.41, 5.74) is 4.34. The molecule has 0 unspecified atom stereocenters. The fourth-order valence-corrected chi connectivity index (χ4v) is 2.69. The van der Waals surface area contributed by atoms with Gasteiger partial charge >= 0.3 is 0 Å². The van der Waals surface area contributed by atoms with Gasteiger partial charge in [0.25, 0.3) is 5.95 Å². The molecule has 0 spiro atoms. The van der Waals surface area contributed by atoms with Crippen molar-refractivity contribution in [2.45, 2.75) is 0 Å². The molecule has 34 heavy (non-hydrogen) atoms. The van der Waals surface area contributed by atoms with E-state index < -0.39 is 0 Å². The molecule has 2 aromatic carbocycles. The Bertz CT molecular complexity index is 1250. The maximum Gasteiger partial charge on any atom is 0.265 e. The molecular weight excluding hydrogens is 436 g/mol. The lowest BCUT2D eigenvalue weighted by Gasteiger charge is -2.09. The Kier molecular flexibility index (Phi) is 8.48. The second-order valence-electron chi connectivity index (χ2n) is 6.42. The highest BCUT2D eigenvalue weighted by atomic mass is 16.5. The Morgan fingerprint density at radius 3 is 2.06 bits per heavy atom. The van der Waals surface area contributed by atoms with Crippen molar-refractivity contribution < 1.29 is 18.9 Å². The van der Waals surface area contributed by atoms with Crippen molar-refractivity contribution in [3.05, 3.63) is 53.9 Å². The Hall–Kier alpha value is -4.96. The van der Waals surface area contributed by atoms with Crippen LogP contribution in [0.25, 0.3) is 0 Å². The van der Waals surface area contributed by atoms with Gasteiger partial charge in [0.2, 0.25) is 0 Å². The molecule has 0 amide bonds. The zero-order valence-corrected chi connectivity index (χ0v) is 18.6. The smallest absolute Gasteiger partial charge is 0.265 e. The van der Waals surface area contributed by atoms with Crippen LogP contribution < -0.4 is 24.4 Å². The first-order chi connectivity index (χ1) is 16.7. The second kappa shape index (κ2) is 12.2. The van der Waals surface area contributed by atoms with Gasteiger partial charge in [0.1, 0.15) is 19.5 Å². The topological polar surface area (TPSA) is 104 Å². The van der Waals surface area contributed by atoms with E-state index in [-0.39, 0.29) is 13.2 Å². The second-order valence-corrected chi connectivity index (χ2v) is 6.42. The minimum absolute atomic E-state index is 0.149. The number of methoxy groups -OCH3 is 2. The van der Waals surface area contributed by atoms with E-state index >= 15 is 0 Å². The van der Waals surface area contributed by atoms with E-state index in [4.69, 9.17) is 31.8 Å². The third-order valence-electron chi connectivity index (χ3n) is 4.24. The molecule has 0 radical (unpaired) electrons. The zero-order chi connectivity index (χ0) is 24.2. The van der Waals surface area contributed by atoms with Crippen molar-refractivity contribution in [1.29, 1.82) is 0 Å². The summed E-state index contributed by atoms with van der Waals surface area (Å²) in [5.74, 6) is 7.32. The number of nitrogens with zero attached hydrogens (tertiary/aromatic N) is 5. The van der Waals surface area contributed by atoms with Crippen molar-refractivity contribution in [2.75, 3.05) is 32.9 Å². The van der Waals surface area contributed by atoms with E-state index in [0.717, 1.165) is 11.1 Å². The monoisotopic (exact) mass is 458 g/mol. The molecule has 0 aliphatic heterocycles. The maximum absolute atomic E-state index is 5.44. The summed E-state index contributed by atoms with van der Waals surface area (Å²) < 4.78 is 23.0. The lowest BCUT2D eigenvalue weighted by Crippen LogP contribution is -2.00. The molecule has 0 aliphatic carbocycles. The highest BCUT2D eigenvalue weighted by molar-refractivity contribution is 5.82. The first kappa shape index (κ1) is 23.7. The van der Waals surface area contributed by atoms with Crippen LogP contribution in [0.3, 0.4) is 0 Å². The molecule has 3 aromatic rings. The van der Waals surface area contributed by atoms with Crippen molar-refractivity contribution >= 4 is 18.4 Å². The van der Waals surface area contributed by atoms with Crippen LogP contribution in [0.4, 0.5) is 5.95 Å². The van der Waals surface area contributed by atoms with Crippen LogP contribution in [0.5, 0.6) is 23.0 Å². The molecule has 0 aliphatic rings. The Morgan fingerprint density at radius 2 is 1.50 bits per heavy atom. The number of aromatic nitrogens is 3. The van der Waals surface area contributed by atoms with Crippen LogP contribution >= 0.6 is 0 Å². The van der Waals surface area contributed by atoms with Gasteiger partial charge < -0.3 is 18.9 Å². The Morgan fingerprint density at radius 1 is 0.912 bits per heavy atom. The minimum atomic E-state index is 0.149. The summed E-state index contributed by atoms with van der Waals surface area (Å²) in [4.78, 5) is 0. The molecule has 0 saturated heterocycles. The Labute approximate surface area is 197 Å². The van der Waals surface area contributed by atoms with Crippen LogP contribution in [0.2, 0.25) is 0 Å². The number of hydrogen-bond donors (Lipinski definition) is 1. The normalized spacial score (nSPS) is 10.6. The van der Waals surface area contributed by atoms with Crippen molar-refractivity contribution in [2.24, 2.45) is 10.2 Å². The predicted octanol–water partition coefficient (Wildman–Crippen LogP) is 2.65. The van der Waals surface area contributed by atoms with Gasteiger partial charge in [-0.25, -0.2) is 5.43 Å². The van der Waals surface area contributed by atoms with E-state index in [9.17, 15) is 0 Å². The molecule has 10 nitrogen and oxygen atoms in total. The number of ether oxygens (including phenoxy) is 4. The van der Waals surface area contributed by atoms with Crippen molar-refractivity contribution in [3.8, 4) is 47.7 Å². The van der Waals surface area contributed by atoms with E-state index in [1.165, 1.54) is 11.0 Å². The van der Waals surface area contributed by atoms with E-state index in [2.05, 4.69) is 37.7 Å². The first-order valence-corrected chi connectivity index (χ1v) is 9.90. The average Bonchev–Trinajstić information content (AvgIpc) is 3.32. The highest BCUT2D eigenvalue weighted by Gasteiger charge is 2.06. The molecule has 0 saturated carbocycles. The van der Waals surface area contributed by atoms with E-state index in [1.807, 2.05) is 12.1 Å². The van der Waals surface area contributed by atoms with Gasteiger partial charge in [0.15, 0.2) is 23.0 Å². The van der Waals surface area contributed by atoms with Gasteiger partial charge in [-0.2, -0.15) is 14.9 Å². The summed E-state index contributed by atoms with van der Waals surface area (Å²) in [6.45, 7) is 0.300. The van der Waals surface area contributed by atoms with Crippen molar-refractivity contribution in [3.63, 3.8) is 0 Å². The standard InChI is InChI=1S/C24H22N6O4/c1-5-11-33-20-9-7-18(13-22(20)31-3)15-25-28-24-29-26-17-30(24)27-16-19-8-10-21(34-12-6-2)23(14-19)32-4/h1-2,7-10,13-17H,11-12H2,3-4H3,(H,28,29)/b25-15?,27-16+. The fourth-order valence-electron chi connectivity index (χ4n) is 2.69. The number of rotatable bonds is 11. The van der Waals surface area contributed by atoms with E-state index in [1.54, 1.807) is 50.9 Å². The van der Waals surface area contributed by atoms with Gasteiger partial charge in [0, 0.05) is 0 Å². The van der Waals surface area contributed by atoms with Crippen molar-refractivity contribution in [1.82, 2.24) is 14.9 Å². The number of anilines is 1. The third kappa shape index (κ3) is 6.28. The van der Waals surface area contributed by atoms with Gasteiger partial charge in [-0.15, -0.1) is 23.0 Å². The molecule has 0 bridgehead atoms. The number of terminal acetylenes is 2. The largest absolute Gasteiger partial charge is 0.493 e. The molecular formula is C24H22N6O4. The van der Waals surface area contributed by atoms with Crippen LogP contribution in [0.1, 0.15) is 11.1 Å². The zero-order valence-electron chi connectivity index (χ0n) is 18.6. The van der Waals surface area contributed by atoms with Crippen LogP contribution in [-0.4, -0.2) is 54.7 Å². The Balaban J connectivity index is 1.67. The number of hydrazone groups is 1. The predicted molar refractivity (Wildman–Crippen MR) is 129 cm³/mol. The van der Waals surface area contributed by atoms with Gasteiger partial charge in [-0.1, -0.05) is 11.8 Å². The summed E-state index contributed by atoms with van der Waals surface area (Å²) in [6, 6.07) is 10.7. The third-order valence-corrected chi connectivity index (χ3v) is 4.24. The molecule has 1 heterocycles.